The van der Waals surface area contributed by atoms with Gasteiger partial charge in [0.2, 0.25) is 0 Å². The highest BCUT2D eigenvalue weighted by Crippen LogP contribution is 2.19. The largest absolute Gasteiger partial charge is 0.302 e. The normalized spacial score (nSPS) is 12.4. The third kappa shape index (κ3) is 3.41. The van der Waals surface area contributed by atoms with Gasteiger partial charge < -0.3 is 4.79 Å². The van der Waals surface area contributed by atoms with E-state index < -0.39 is 15.1 Å². The lowest BCUT2D eigenvalue weighted by Gasteiger charge is -2.12. The lowest BCUT2D eigenvalue weighted by atomic mass is 10.1. The number of hydrogen-bond donors (Lipinski definition) is 0. The monoisotopic (exact) mass is 313 g/mol. The van der Waals surface area contributed by atoms with Gasteiger partial charge in [-0.2, -0.15) is 5.26 Å². The molecule has 0 bridgehead atoms. The fourth-order valence-electron chi connectivity index (χ4n) is 2.08. The van der Waals surface area contributed by atoms with Crippen molar-refractivity contribution in [3.05, 3.63) is 65.2 Å². The average molecular weight is 313 g/mol. The molecule has 112 valence electrons. The molecule has 2 aromatic carbocycles. The number of nitriles is 1. The second-order valence-electron chi connectivity index (χ2n) is 5.05. The molecule has 0 spiro atoms. The Bertz CT molecular complexity index is 800. The summed E-state index contributed by atoms with van der Waals surface area (Å²) in [4.78, 5) is 11.4. The predicted octanol–water partition coefficient (Wildman–Crippen LogP) is 2.45. The van der Waals surface area contributed by atoms with Crippen LogP contribution in [0.1, 0.15) is 16.7 Å². The van der Waals surface area contributed by atoms with Crippen molar-refractivity contribution < 1.29 is 13.2 Å². The van der Waals surface area contributed by atoms with E-state index in [0.717, 1.165) is 5.56 Å². The molecule has 1 unspecified atom stereocenters. The Balaban J connectivity index is 2.28. The van der Waals surface area contributed by atoms with Crippen LogP contribution in [-0.4, -0.2) is 20.0 Å². The molecule has 0 radical (unpaired) electrons. The van der Waals surface area contributed by atoms with Gasteiger partial charge in [0, 0.05) is 0 Å². The van der Waals surface area contributed by atoms with Crippen LogP contribution in [0.3, 0.4) is 0 Å². The predicted molar refractivity (Wildman–Crippen MR) is 83.1 cm³/mol. The van der Waals surface area contributed by atoms with Crippen molar-refractivity contribution in [2.24, 2.45) is 0 Å². The van der Waals surface area contributed by atoms with Gasteiger partial charge in [-0.3, -0.25) is 0 Å². The summed E-state index contributed by atoms with van der Waals surface area (Å²) in [5.74, 6) is 0. The van der Waals surface area contributed by atoms with E-state index >= 15 is 0 Å². The zero-order valence-electron chi connectivity index (χ0n) is 12.1. The van der Waals surface area contributed by atoms with Gasteiger partial charge >= 0.3 is 0 Å². The van der Waals surface area contributed by atoms with E-state index in [2.05, 4.69) is 0 Å². The summed E-state index contributed by atoms with van der Waals surface area (Å²) < 4.78 is 25.0. The van der Waals surface area contributed by atoms with Gasteiger partial charge in [0.25, 0.3) is 0 Å². The minimum absolute atomic E-state index is 0.0887. The minimum atomic E-state index is -3.71. The maximum atomic E-state index is 12.5. The lowest BCUT2D eigenvalue weighted by molar-refractivity contribution is -0.107. The molecule has 4 nitrogen and oxygen atoms in total. The van der Waals surface area contributed by atoms with Crippen molar-refractivity contribution in [2.75, 3.05) is 0 Å². The first-order valence-corrected chi connectivity index (χ1v) is 8.27. The fourth-order valence-corrected chi connectivity index (χ4v) is 3.50. The van der Waals surface area contributed by atoms with E-state index in [0.29, 0.717) is 17.4 Å². The van der Waals surface area contributed by atoms with Crippen molar-refractivity contribution in [3.63, 3.8) is 0 Å². The highest BCUT2D eigenvalue weighted by atomic mass is 32.2. The molecule has 0 saturated carbocycles. The molecule has 1 atom stereocenters. The van der Waals surface area contributed by atoms with Gasteiger partial charge in [0.05, 0.1) is 16.5 Å². The summed E-state index contributed by atoms with van der Waals surface area (Å²) in [6, 6.07) is 15.0. The maximum Gasteiger partial charge on any atom is 0.188 e. The molecule has 0 aliphatic rings. The zero-order chi connectivity index (χ0) is 16.2. The lowest BCUT2D eigenvalue weighted by Crippen LogP contribution is -2.25. The molecule has 2 rings (SSSR count). The number of nitrogens with zero attached hydrogens (tertiary/aromatic N) is 1. The third-order valence-electron chi connectivity index (χ3n) is 3.42. The van der Waals surface area contributed by atoms with Crippen LogP contribution in [0.2, 0.25) is 0 Å². The van der Waals surface area contributed by atoms with Gasteiger partial charge in [0.1, 0.15) is 11.5 Å². The van der Waals surface area contributed by atoms with Gasteiger partial charge in [-0.15, -0.1) is 0 Å². The van der Waals surface area contributed by atoms with E-state index in [4.69, 9.17) is 5.26 Å². The minimum Gasteiger partial charge on any atom is -0.302 e. The summed E-state index contributed by atoms with van der Waals surface area (Å²) in [7, 11) is -3.71. The van der Waals surface area contributed by atoms with E-state index in [1.165, 1.54) is 12.1 Å². The number of carbonyl (C=O) groups is 1. The molecular formula is C17H15NO3S. The molecule has 0 amide bonds. The number of aldehydes is 1. The van der Waals surface area contributed by atoms with Crippen LogP contribution in [0.5, 0.6) is 0 Å². The molecule has 5 heteroatoms. The van der Waals surface area contributed by atoms with Crippen LogP contribution < -0.4 is 0 Å². The Morgan fingerprint density at radius 1 is 1.09 bits per heavy atom. The van der Waals surface area contributed by atoms with E-state index in [1.807, 2.05) is 13.0 Å². The van der Waals surface area contributed by atoms with Gasteiger partial charge in [0.15, 0.2) is 9.84 Å². The Morgan fingerprint density at radius 2 is 1.68 bits per heavy atom. The molecule has 0 heterocycles. The first kappa shape index (κ1) is 15.9. The Morgan fingerprint density at radius 3 is 2.18 bits per heavy atom. The molecule has 0 aliphatic carbocycles. The van der Waals surface area contributed by atoms with Crippen LogP contribution in [0.15, 0.2) is 53.4 Å². The maximum absolute atomic E-state index is 12.5. The topological polar surface area (TPSA) is 75.0 Å². The summed E-state index contributed by atoms with van der Waals surface area (Å²) in [6.45, 7) is 1.87. The van der Waals surface area contributed by atoms with Crippen molar-refractivity contribution in [1.82, 2.24) is 0 Å². The quantitative estimate of drug-likeness (QED) is 0.795. The number of hydrogen-bond acceptors (Lipinski definition) is 4. The Labute approximate surface area is 129 Å². The van der Waals surface area contributed by atoms with Crippen LogP contribution in [0.25, 0.3) is 0 Å². The van der Waals surface area contributed by atoms with Crippen molar-refractivity contribution in [3.8, 4) is 6.07 Å². The van der Waals surface area contributed by atoms with Crippen LogP contribution in [0, 0.1) is 18.3 Å². The first-order valence-electron chi connectivity index (χ1n) is 6.72. The van der Waals surface area contributed by atoms with Crippen molar-refractivity contribution in [2.45, 2.75) is 23.5 Å². The Kier molecular flexibility index (Phi) is 4.74. The van der Waals surface area contributed by atoms with Crippen molar-refractivity contribution >= 4 is 16.1 Å². The average Bonchev–Trinajstić information content (AvgIpc) is 2.53. The summed E-state index contributed by atoms with van der Waals surface area (Å²) in [5, 5.41) is 7.62. The summed E-state index contributed by atoms with van der Waals surface area (Å²) >= 11 is 0. The SMILES string of the molecule is Cc1ccc(S(=O)(=O)C(C=O)Cc2ccc(C#N)cc2)cc1. The molecule has 2 aromatic rings. The fraction of sp³-hybridized carbons (Fsp3) is 0.176. The van der Waals surface area contributed by atoms with E-state index in [9.17, 15) is 13.2 Å². The first-order chi connectivity index (χ1) is 10.5. The Hall–Kier alpha value is -2.45. The second-order valence-corrected chi connectivity index (χ2v) is 7.21. The van der Waals surface area contributed by atoms with Gasteiger partial charge in [-0.25, -0.2) is 8.42 Å². The van der Waals surface area contributed by atoms with E-state index in [-0.39, 0.29) is 11.3 Å². The molecule has 0 fully saturated rings. The standard InChI is InChI=1S/C17H15NO3S/c1-13-2-8-16(9-3-13)22(20,21)17(12-19)10-14-4-6-15(11-18)7-5-14/h2-9,12,17H,10H2,1H3. The highest BCUT2D eigenvalue weighted by Gasteiger charge is 2.27. The van der Waals surface area contributed by atoms with Crippen LogP contribution >= 0.6 is 0 Å². The summed E-state index contributed by atoms with van der Waals surface area (Å²) in [6.07, 6.45) is 0.554. The molecule has 0 N–H and O–H groups in total. The zero-order valence-corrected chi connectivity index (χ0v) is 12.9. The van der Waals surface area contributed by atoms with Crippen LogP contribution in [0.4, 0.5) is 0 Å². The number of sulfone groups is 1. The number of carbonyl (C=O) groups excluding carboxylic acids is 1. The van der Waals surface area contributed by atoms with Crippen LogP contribution in [-0.2, 0) is 21.1 Å². The summed E-state index contributed by atoms with van der Waals surface area (Å²) in [5.41, 5.74) is 2.15. The molecule has 0 saturated heterocycles. The number of aryl methyl sites for hydroxylation is 1. The van der Waals surface area contributed by atoms with Gasteiger partial charge in [-0.05, 0) is 43.2 Å². The number of rotatable bonds is 5. The second kappa shape index (κ2) is 6.54. The van der Waals surface area contributed by atoms with Crippen molar-refractivity contribution in [1.29, 1.82) is 5.26 Å². The number of benzene rings is 2. The molecular weight excluding hydrogens is 298 g/mol. The third-order valence-corrected chi connectivity index (χ3v) is 5.42. The molecule has 0 aliphatic heterocycles. The molecule has 22 heavy (non-hydrogen) atoms. The highest BCUT2D eigenvalue weighted by molar-refractivity contribution is 7.92. The van der Waals surface area contributed by atoms with E-state index in [1.54, 1.807) is 36.4 Å². The molecule has 0 aromatic heterocycles. The smallest absolute Gasteiger partial charge is 0.188 e. The van der Waals surface area contributed by atoms with Gasteiger partial charge in [-0.1, -0.05) is 29.8 Å².